The maximum absolute atomic E-state index is 14.2. The zero-order chi connectivity index (χ0) is 20.1. The van der Waals surface area contributed by atoms with E-state index in [1.807, 2.05) is 4.57 Å². The first kappa shape index (κ1) is 20.3. The van der Waals surface area contributed by atoms with Crippen LogP contribution < -0.4 is 10.7 Å². The van der Waals surface area contributed by atoms with Crippen molar-refractivity contribution >= 4 is 22.9 Å². The number of halogens is 1. The summed E-state index contributed by atoms with van der Waals surface area (Å²) in [7, 11) is 0. The van der Waals surface area contributed by atoms with E-state index in [1.165, 1.54) is 44.3 Å². The van der Waals surface area contributed by atoms with Crippen molar-refractivity contribution in [1.29, 1.82) is 0 Å². The standard InChI is InChI=1S/C18H18FNO3.C4H9N/c1-3-5-12-15(19)9-8-13-16(12)20(11-6-7-11)10-14(17(13)21)18(22)23-4-2;1-2-4-5-3-1/h3,5,8-11H,4,6-7H2,1-2H3;5H,1-4H2/b5-3-;. The minimum atomic E-state index is -0.634. The molecule has 2 aliphatic rings. The molecule has 150 valence electrons. The largest absolute Gasteiger partial charge is 0.462 e. The second kappa shape index (κ2) is 9.15. The van der Waals surface area contributed by atoms with E-state index in [1.54, 1.807) is 26.0 Å². The molecule has 0 radical (unpaired) electrons. The molecule has 1 aromatic carbocycles. The summed E-state index contributed by atoms with van der Waals surface area (Å²) in [4.78, 5) is 24.7. The van der Waals surface area contributed by atoms with Gasteiger partial charge in [-0.15, -0.1) is 0 Å². The minimum Gasteiger partial charge on any atom is -0.462 e. The van der Waals surface area contributed by atoms with Gasteiger partial charge in [0.2, 0.25) is 5.43 Å². The van der Waals surface area contributed by atoms with Crippen molar-refractivity contribution in [2.45, 2.75) is 45.6 Å². The van der Waals surface area contributed by atoms with Crippen LogP contribution in [0.1, 0.15) is 61.5 Å². The molecule has 0 bridgehead atoms. The number of hydrogen-bond acceptors (Lipinski definition) is 4. The molecule has 1 saturated heterocycles. The summed E-state index contributed by atoms with van der Waals surface area (Å²) < 4.78 is 21.0. The molecule has 0 amide bonds. The fourth-order valence-electron chi connectivity index (χ4n) is 3.40. The molecule has 28 heavy (non-hydrogen) atoms. The number of carbonyl (C=O) groups is 1. The first-order valence-electron chi connectivity index (χ1n) is 9.96. The van der Waals surface area contributed by atoms with Crippen LogP contribution in [0.3, 0.4) is 0 Å². The zero-order valence-corrected chi connectivity index (χ0v) is 16.5. The number of nitrogens with one attached hydrogen (secondary N) is 1. The number of benzene rings is 1. The predicted molar refractivity (Wildman–Crippen MR) is 109 cm³/mol. The van der Waals surface area contributed by atoms with Crippen LogP contribution in [0.2, 0.25) is 0 Å². The Morgan fingerprint density at radius 1 is 1.32 bits per heavy atom. The first-order valence-corrected chi connectivity index (χ1v) is 9.96. The van der Waals surface area contributed by atoms with Crippen molar-refractivity contribution in [2.75, 3.05) is 19.7 Å². The lowest BCUT2D eigenvalue weighted by Crippen LogP contribution is -2.21. The van der Waals surface area contributed by atoms with Crippen LogP contribution in [0, 0.1) is 5.82 Å². The molecule has 0 unspecified atom stereocenters. The van der Waals surface area contributed by atoms with Crippen LogP contribution in [0.25, 0.3) is 17.0 Å². The van der Waals surface area contributed by atoms with Gasteiger partial charge in [0.15, 0.2) is 0 Å². The molecule has 1 aliphatic heterocycles. The zero-order valence-electron chi connectivity index (χ0n) is 16.5. The lowest BCUT2D eigenvalue weighted by molar-refractivity contribution is 0.0524. The highest BCUT2D eigenvalue weighted by Gasteiger charge is 2.28. The van der Waals surface area contributed by atoms with Gasteiger partial charge in [-0.2, -0.15) is 0 Å². The highest BCUT2D eigenvalue weighted by atomic mass is 19.1. The van der Waals surface area contributed by atoms with Gasteiger partial charge in [-0.25, -0.2) is 9.18 Å². The third kappa shape index (κ3) is 4.33. The summed E-state index contributed by atoms with van der Waals surface area (Å²) >= 11 is 0. The molecule has 2 aromatic rings. The number of nitrogens with zero attached hydrogens (tertiary/aromatic N) is 1. The van der Waals surface area contributed by atoms with E-state index >= 15 is 0 Å². The van der Waals surface area contributed by atoms with Gasteiger partial charge in [-0.05, 0) is 64.8 Å². The van der Waals surface area contributed by atoms with Gasteiger partial charge in [-0.3, -0.25) is 4.79 Å². The molecule has 0 spiro atoms. The Morgan fingerprint density at radius 3 is 2.57 bits per heavy atom. The van der Waals surface area contributed by atoms with Crippen LogP contribution in [0.4, 0.5) is 4.39 Å². The van der Waals surface area contributed by atoms with Crippen molar-refractivity contribution in [3.05, 3.63) is 51.6 Å². The van der Waals surface area contributed by atoms with Crippen molar-refractivity contribution in [3.8, 4) is 0 Å². The van der Waals surface area contributed by atoms with Crippen molar-refractivity contribution < 1.29 is 13.9 Å². The number of allylic oxidation sites excluding steroid dienone is 1. The number of carbonyl (C=O) groups excluding carboxylic acids is 1. The highest BCUT2D eigenvalue weighted by molar-refractivity contribution is 5.96. The molecule has 1 aromatic heterocycles. The maximum atomic E-state index is 14.2. The van der Waals surface area contributed by atoms with Gasteiger partial charge in [0, 0.05) is 23.2 Å². The molecule has 2 fully saturated rings. The third-order valence-electron chi connectivity index (χ3n) is 4.91. The quantitative estimate of drug-likeness (QED) is 0.805. The molecular formula is C22H27FN2O3. The second-order valence-corrected chi connectivity index (χ2v) is 7.05. The molecule has 0 atom stereocenters. The number of fused-ring (bicyclic) bond motifs is 1. The Kier molecular flexibility index (Phi) is 6.62. The summed E-state index contributed by atoms with van der Waals surface area (Å²) in [6.45, 7) is 6.19. The average molecular weight is 386 g/mol. The van der Waals surface area contributed by atoms with E-state index in [9.17, 15) is 14.0 Å². The fourth-order valence-corrected chi connectivity index (χ4v) is 3.40. The third-order valence-corrected chi connectivity index (χ3v) is 4.91. The van der Waals surface area contributed by atoms with Crippen LogP contribution in [0.5, 0.6) is 0 Å². The second-order valence-electron chi connectivity index (χ2n) is 7.05. The van der Waals surface area contributed by atoms with Crippen LogP contribution in [-0.4, -0.2) is 30.2 Å². The van der Waals surface area contributed by atoms with E-state index in [0.717, 1.165) is 12.8 Å². The van der Waals surface area contributed by atoms with E-state index in [2.05, 4.69) is 5.32 Å². The smallest absolute Gasteiger partial charge is 0.343 e. The van der Waals surface area contributed by atoms with E-state index < -0.39 is 11.4 Å². The van der Waals surface area contributed by atoms with Crippen molar-refractivity contribution in [2.24, 2.45) is 0 Å². The number of rotatable bonds is 4. The van der Waals surface area contributed by atoms with E-state index in [0.29, 0.717) is 16.5 Å². The molecule has 2 heterocycles. The number of pyridine rings is 1. The Hall–Kier alpha value is -2.47. The Balaban J connectivity index is 0.000000391. The lowest BCUT2D eigenvalue weighted by atomic mass is 10.1. The maximum Gasteiger partial charge on any atom is 0.343 e. The first-order chi connectivity index (χ1) is 13.6. The molecule has 1 N–H and O–H groups in total. The Labute approximate surface area is 164 Å². The SMILES string of the molecule is C/C=C\c1c(F)ccc2c(=O)c(C(=O)OCC)cn(C3CC3)c12.C1CCNC1. The van der Waals surface area contributed by atoms with Gasteiger partial charge < -0.3 is 14.6 Å². The molecule has 1 aliphatic carbocycles. The van der Waals surface area contributed by atoms with Gasteiger partial charge >= 0.3 is 5.97 Å². The number of esters is 1. The fraction of sp³-hybridized carbons (Fsp3) is 0.455. The van der Waals surface area contributed by atoms with Crippen LogP contribution in [0.15, 0.2) is 29.2 Å². The minimum absolute atomic E-state index is 0.00397. The molecule has 1 saturated carbocycles. The normalized spacial score (nSPS) is 16.2. The summed E-state index contributed by atoms with van der Waals surface area (Å²) in [5.74, 6) is -1.01. The number of ether oxygens (including phenoxy) is 1. The Morgan fingerprint density at radius 2 is 2.04 bits per heavy atom. The Bertz CT molecular complexity index is 933. The summed E-state index contributed by atoms with van der Waals surface area (Å²) in [6, 6.07) is 2.91. The number of aromatic nitrogens is 1. The molecular weight excluding hydrogens is 359 g/mol. The predicted octanol–water partition coefficient (Wildman–Crippen LogP) is 4.06. The van der Waals surface area contributed by atoms with Crippen molar-refractivity contribution in [1.82, 2.24) is 9.88 Å². The van der Waals surface area contributed by atoms with E-state index in [4.69, 9.17) is 4.74 Å². The monoisotopic (exact) mass is 386 g/mol. The van der Waals surface area contributed by atoms with Gasteiger partial charge in [0.05, 0.1) is 12.1 Å². The van der Waals surface area contributed by atoms with Gasteiger partial charge in [0.25, 0.3) is 0 Å². The highest BCUT2D eigenvalue weighted by Crippen LogP contribution is 2.38. The van der Waals surface area contributed by atoms with Crippen LogP contribution in [-0.2, 0) is 4.74 Å². The van der Waals surface area contributed by atoms with Crippen molar-refractivity contribution in [3.63, 3.8) is 0 Å². The summed E-state index contributed by atoms with van der Waals surface area (Å²) in [5, 5.41) is 3.57. The molecule has 4 rings (SSSR count). The number of hydrogen-bond donors (Lipinski definition) is 1. The van der Waals surface area contributed by atoms with Crippen LogP contribution >= 0.6 is 0 Å². The lowest BCUT2D eigenvalue weighted by Gasteiger charge is -2.15. The average Bonchev–Trinajstić information content (AvgIpc) is 3.34. The molecule has 5 nitrogen and oxygen atoms in total. The van der Waals surface area contributed by atoms with Gasteiger partial charge in [0.1, 0.15) is 11.4 Å². The summed E-state index contributed by atoms with van der Waals surface area (Å²) in [6.07, 6.45) is 9.59. The van der Waals surface area contributed by atoms with E-state index in [-0.39, 0.29) is 24.0 Å². The van der Waals surface area contributed by atoms with Gasteiger partial charge in [-0.1, -0.05) is 12.2 Å². The molecule has 6 heteroatoms. The topological polar surface area (TPSA) is 60.3 Å². The summed E-state index contributed by atoms with van der Waals surface area (Å²) in [5.41, 5.74) is 0.512.